The monoisotopic (exact) mass is 236 g/mol. The predicted molar refractivity (Wildman–Crippen MR) is 70.1 cm³/mol. The molecule has 0 aliphatic rings. The van der Waals surface area contributed by atoms with Gasteiger partial charge in [0.25, 0.3) is 0 Å². The Hall–Kier alpha value is -1.30. The number of hydrogen-bond donors (Lipinski definition) is 3. The molecule has 1 aromatic rings. The Morgan fingerprint density at radius 3 is 2.59 bits per heavy atom. The first-order chi connectivity index (χ1) is 8.26. The molecule has 0 heterocycles. The summed E-state index contributed by atoms with van der Waals surface area (Å²) >= 11 is 0. The van der Waals surface area contributed by atoms with Crippen LogP contribution in [0.3, 0.4) is 0 Å². The summed E-state index contributed by atoms with van der Waals surface area (Å²) < 4.78 is 0. The van der Waals surface area contributed by atoms with Crippen molar-refractivity contribution in [3.05, 3.63) is 34.7 Å². The molecule has 0 radical (unpaired) electrons. The molecule has 1 atom stereocenters. The van der Waals surface area contributed by atoms with Crippen LogP contribution in [0.2, 0.25) is 0 Å². The number of hydrogen-bond acceptors (Lipinski definition) is 5. The van der Waals surface area contributed by atoms with Crippen molar-refractivity contribution >= 4 is 5.69 Å². The topological polar surface area (TPSA) is 93.5 Å². The van der Waals surface area contributed by atoms with Gasteiger partial charge in [0.05, 0.1) is 0 Å². The summed E-state index contributed by atoms with van der Waals surface area (Å²) in [7, 11) is 0. The van der Waals surface area contributed by atoms with Gasteiger partial charge >= 0.3 is 0 Å². The van der Waals surface area contributed by atoms with E-state index >= 15 is 0 Å². The quantitative estimate of drug-likeness (QED) is 0.461. The number of rotatable bonds is 8. The first kappa shape index (κ1) is 13.8. The van der Waals surface area contributed by atoms with Gasteiger partial charge in [-0.05, 0) is 48.8 Å². The van der Waals surface area contributed by atoms with Gasteiger partial charge in [-0.15, -0.1) is 4.91 Å². The third kappa shape index (κ3) is 5.53. The van der Waals surface area contributed by atoms with Crippen LogP contribution in [0.5, 0.6) is 0 Å². The summed E-state index contributed by atoms with van der Waals surface area (Å²) in [6.45, 7) is 2.37. The number of benzene rings is 1. The number of nitrogens with zero attached hydrogens (tertiary/aromatic N) is 1. The molecule has 0 saturated carbocycles. The largest absolute Gasteiger partial charge is 0.330 e. The van der Waals surface area contributed by atoms with Crippen molar-refractivity contribution in [2.45, 2.75) is 18.9 Å². The molecule has 94 valence electrons. The van der Waals surface area contributed by atoms with Crippen LogP contribution in [0.4, 0.5) is 5.69 Å². The lowest BCUT2D eigenvalue weighted by Gasteiger charge is -2.12. The zero-order chi connectivity index (χ0) is 12.5. The highest BCUT2D eigenvalue weighted by molar-refractivity contribution is 5.38. The lowest BCUT2D eigenvalue weighted by molar-refractivity contribution is 0.564. The Kier molecular flexibility index (Phi) is 6.39. The summed E-state index contributed by atoms with van der Waals surface area (Å²) in [6, 6.07) is 7.25. The van der Waals surface area contributed by atoms with Gasteiger partial charge in [0, 0.05) is 12.6 Å². The molecule has 17 heavy (non-hydrogen) atoms. The summed E-state index contributed by atoms with van der Waals surface area (Å²) in [5, 5.41) is 6.11. The lowest BCUT2D eigenvalue weighted by Crippen LogP contribution is -2.36. The van der Waals surface area contributed by atoms with Crippen molar-refractivity contribution in [2.75, 3.05) is 19.6 Å². The third-order valence-corrected chi connectivity index (χ3v) is 2.50. The van der Waals surface area contributed by atoms with Crippen molar-refractivity contribution in [1.82, 2.24) is 5.32 Å². The van der Waals surface area contributed by atoms with E-state index < -0.39 is 0 Å². The van der Waals surface area contributed by atoms with Gasteiger partial charge in [-0.1, -0.05) is 12.1 Å². The fourth-order valence-corrected chi connectivity index (χ4v) is 1.58. The third-order valence-electron chi connectivity index (χ3n) is 2.50. The summed E-state index contributed by atoms with van der Waals surface area (Å²) in [6.07, 6.45) is 1.75. The van der Waals surface area contributed by atoms with E-state index in [1.807, 2.05) is 12.1 Å². The molecule has 0 saturated heterocycles. The fraction of sp³-hybridized carbons (Fsp3) is 0.500. The molecule has 5 N–H and O–H groups in total. The first-order valence-corrected chi connectivity index (χ1v) is 5.85. The highest BCUT2D eigenvalue weighted by Gasteiger charge is 2.03. The van der Waals surface area contributed by atoms with Gasteiger partial charge in [-0.25, -0.2) is 0 Å². The SMILES string of the molecule is NCCCNCC(N)Cc1ccc(N=O)cc1. The lowest BCUT2D eigenvalue weighted by atomic mass is 10.1. The van der Waals surface area contributed by atoms with Crippen LogP contribution in [0.15, 0.2) is 29.4 Å². The number of nitrogens with two attached hydrogens (primary N) is 2. The molecule has 5 nitrogen and oxygen atoms in total. The summed E-state index contributed by atoms with van der Waals surface area (Å²) in [4.78, 5) is 10.2. The van der Waals surface area contributed by atoms with E-state index in [-0.39, 0.29) is 6.04 Å². The van der Waals surface area contributed by atoms with E-state index in [4.69, 9.17) is 11.5 Å². The van der Waals surface area contributed by atoms with E-state index in [1.54, 1.807) is 12.1 Å². The van der Waals surface area contributed by atoms with Gasteiger partial charge in [0.2, 0.25) is 0 Å². The molecular weight excluding hydrogens is 216 g/mol. The highest BCUT2D eigenvalue weighted by atomic mass is 16.3. The average Bonchev–Trinajstić information content (AvgIpc) is 2.36. The van der Waals surface area contributed by atoms with Crippen molar-refractivity contribution < 1.29 is 0 Å². The van der Waals surface area contributed by atoms with Gasteiger partial charge in [0.1, 0.15) is 5.69 Å². The molecule has 0 amide bonds. The van der Waals surface area contributed by atoms with Crippen molar-refractivity contribution in [3.8, 4) is 0 Å². The molecule has 0 aliphatic carbocycles. The Bertz CT molecular complexity index is 326. The smallest absolute Gasteiger partial charge is 0.108 e. The van der Waals surface area contributed by atoms with Crippen LogP contribution in [-0.4, -0.2) is 25.7 Å². The molecular formula is C12H20N4O. The standard InChI is InChI=1S/C12H20N4O/c13-6-1-7-15-9-11(14)8-10-2-4-12(16-17)5-3-10/h2-5,11,15H,1,6-9,13-14H2. The van der Waals surface area contributed by atoms with Crippen LogP contribution < -0.4 is 16.8 Å². The minimum atomic E-state index is 0.0721. The van der Waals surface area contributed by atoms with Crippen molar-refractivity contribution in [2.24, 2.45) is 16.6 Å². The molecule has 0 aromatic heterocycles. The zero-order valence-electron chi connectivity index (χ0n) is 9.93. The van der Waals surface area contributed by atoms with Gasteiger partial charge < -0.3 is 16.8 Å². The molecule has 0 spiro atoms. The molecule has 0 fully saturated rings. The normalized spacial score (nSPS) is 12.4. The van der Waals surface area contributed by atoms with Crippen LogP contribution in [0.25, 0.3) is 0 Å². The number of nitrogens with one attached hydrogen (secondary N) is 1. The second-order valence-electron chi connectivity index (χ2n) is 4.07. The molecule has 1 unspecified atom stereocenters. The van der Waals surface area contributed by atoms with Gasteiger partial charge in [0.15, 0.2) is 0 Å². The van der Waals surface area contributed by atoms with Crippen molar-refractivity contribution in [1.29, 1.82) is 0 Å². The van der Waals surface area contributed by atoms with Crippen LogP contribution in [0, 0.1) is 4.91 Å². The molecule has 1 aromatic carbocycles. The van der Waals surface area contributed by atoms with Crippen LogP contribution in [-0.2, 0) is 6.42 Å². The van der Waals surface area contributed by atoms with Crippen molar-refractivity contribution in [3.63, 3.8) is 0 Å². The minimum Gasteiger partial charge on any atom is -0.330 e. The van der Waals surface area contributed by atoms with E-state index in [9.17, 15) is 4.91 Å². The van der Waals surface area contributed by atoms with E-state index in [2.05, 4.69) is 10.5 Å². The van der Waals surface area contributed by atoms with Crippen LogP contribution >= 0.6 is 0 Å². The van der Waals surface area contributed by atoms with E-state index in [1.165, 1.54) is 0 Å². The Labute approximate surface area is 102 Å². The summed E-state index contributed by atoms with van der Waals surface area (Å²) in [5.41, 5.74) is 12.9. The van der Waals surface area contributed by atoms with Gasteiger partial charge in [-0.2, -0.15) is 0 Å². The second kappa shape index (κ2) is 7.89. The average molecular weight is 236 g/mol. The minimum absolute atomic E-state index is 0.0721. The molecule has 0 bridgehead atoms. The number of nitroso groups, excluding NO2 is 1. The highest BCUT2D eigenvalue weighted by Crippen LogP contribution is 2.12. The van der Waals surface area contributed by atoms with Crippen LogP contribution in [0.1, 0.15) is 12.0 Å². The Balaban J connectivity index is 2.29. The van der Waals surface area contributed by atoms with Gasteiger partial charge in [-0.3, -0.25) is 0 Å². The van der Waals surface area contributed by atoms with E-state index in [0.717, 1.165) is 31.5 Å². The maximum atomic E-state index is 10.2. The molecule has 5 heteroatoms. The maximum absolute atomic E-state index is 10.2. The fourth-order valence-electron chi connectivity index (χ4n) is 1.58. The first-order valence-electron chi connectivity index (χ1n) is 5.85. The Morgan fingerprint density at radius 2 is 2.00 bits per heavy atom. The molecule has 0 aliphatic heterocycles. The summed E-state index contributed by atoms with van der Waals surface area (Å²) in [5.74, 6) is 0. The zero-order valence-corrected chi connectivity index (χ0v) is 9.93. The molecule has 1 rings (SSSR count). The maximum Gasteiger partial charge on any atom is 0.108 e. The van der Waals surface area contributed by atoms with E-state index in [0.29, 0.717) is 12.2 Å². The Morgan fingerprint density at radius 1 is 1.29 bits per heavy atom. The second-order valence-corrected chi connectivity index (χ2v) is 4.07. The predicted octanol–water partition coefficient (Wildman–Crippen LogP) is 0.893.